The van der Waals surface area contributed by atoms with Crippen LogP contribution in [0.5, 0.6) is 0 Å². The van der Waals surface area contributed by atoms with E-state index in [1.165, 1.54) is 13.8 Å². The van der Waals surface area contributed by atoms with Crippen molar-refractivity contribution in [2.45, 2.75) is 44.5 Å². The van der Waals surface area contributed by atoms with E-state index in [4.69, 9.17) is 4.74 Å². The fourth-order valence-electron chi connectivity index (χ4n) is 1.67. The van der Waals surface area contributed by atoms with Crippen LogP contribution in [0.15, 0.2) is 0 Å². The van der Waals surface area contributed by atoms with E-state index in [0.717, 1.165) is 0 Å². The molecule has 0 bridgehead atoms. The first-order valence-corrected chi connectivity index (χ1v) is 5.43. The lowest BCUT2D eigenvalue weighted by molar-refractivity contribution is -0.255. The van der Waals surface area contributed by atoms with Gasteiger partial charge in [-0.25, -0.2) is 0 Å². The van der Waals surface area contributed by atoms with Crippen molar-refractivity contribution in [3.8, 4) is 0 Å². The molecule has 0 aromatic carbocycles. The van der Waals surface area contributed by atoms with Crippen LogP contribution in [-0.2, 0) is 19.1 Å². The maximum Gasteiger partial charge on any atom is 0.302 e. The summed E-state index contributed by atoms with van der Waals surface area (Å²) in [5.74, 6) is -1.05. The summed E-state index contributed by atoms with van der Waals surface area (Å²) in [5, 5.41) is 31.3. The third kappa shape index (κ3) is 3.64. The Kier molecular flexibility index (Phi) is 5.03. The number of ether oxygens (including phenoxy) is 2. The summed E-state index contributed by atoms with van der Waals surface area (Å²) in [5.41, 5.74) is 0. The van der Waals surface area contributed by atoms with Crippen molar-refractivity contribution in [1.29, 1.82) is 0 Å². The predicted molar refractivity (Wildman–Crippen MR) is 57.1 cm³/mol. The maximum absolute atomic E-state index is 10.9. The molecular formula is C10H17NO7. The van der Waals surface area contributed by atoms with Gasteiger partial charge in [0, 0.05) is 13.8 Å². The van der Waals surface area contributed by atoms with Gasteiger partial charge >= 0.3 is 5.97 Å². The lowest BCUT2D eigenvalue weighted by Gasteiger charge is -2.40. The fourth-order valence-corrected chi connectivity index (χ4v) is 1.67. The Balaban J connectivity index is 2.64. The highest BCUT2D eigenvalue weighted by Crippen LogP contribution is 2.20. The monoisotopic (exact) mass is 263 g/mol. The Morgan fingerprint density at radius 3 is 2.33 bits per heavy atom. The van der Waals surface area contributed by atoms with Gasteiger partial charge in [0.25, 0.3) is 0 Å². The van der Waals surface area contributed by atoms with Gasteiger partial charge in [0.1, 0.15) is 31.0 Å². The molecule has 1 aliphatic heterocycles. The van der Waals surface area contributed by atoms with Crippen molar-refractivity contribution < 1.29 is 34.4 Å². The molecule has 0 aliphatic carbocycles. The number of aliphatic hydroxyl groups excluding tert-OH is 3. The van der Waals surface area contributed by atoms with E-state index < -0.39 is 42.5 Å². The standard InChI is InChI=1S/C10H17NO7/c1-4(12)11-7-9(15)8(14)6(18-10(7)16)3-17-5(2)13/h6-10,14-16H,3H2,1-2H3,(H,11,12)/t6-,7-,8+,9+,10+/m0/s1. The Bertz CT molecular complexity index is 319. The number of nitrogens with one attached hydrogen (secondary N) is 1. The van der Waals surface area contributed by atoms with Gasteiger partial charge in [-0.15, -0.1) is 0 Å². The number of rotatable bonds is 3. The summed E-state index contributed by atoms with van der Waals surface area (Å²) >= 11 is 0. The van der Waals surface area contributed by atoms with Crippen molar-refractivity contribution in [3.05, 3.63) is 0 Å². The van der Waals surface area contributed by atoms with Gasteiger partial charge in [0.15, 0.2) is 6.29 Å². The third-order valence-corrected chi connectivity index (χ3v) is 2.54. The van der Waals surface area contributed by atoms with E-state index in [0.29, 0.717) is 0 Å². The fraction of sp³-hybridized carbons (Fsp3) is 0.800. The summed E-state index contributed by atoms with van der Waals surface area (Å²) in [6.45, 7) is 2.09. The van der Waals surface area contributed by atoms with Crippen molar-refractivity contribution >= 4 is 11.9 Å². The minimum Gasteiger partial charge on any atom is -0.463 e. The van der Waals surface area contributed by atoms with Crippen LogP contribution in [0, 0.1) is 0 Å². The lowest BCUT2D eigenvalue weighted by Crippen LogP contribution is -2.64. The van der Waals surface area contributed by atoms with E-state index in [-0.39, 0.29) is 6.61 Å². The molecule has 0 radical (unpaired) electrons. The summed E-state index contributed by atoms with van der Waals surface area (Å²) in [4.78, 5) is 21.5. The highest BCUT2D eigenvalue weighted by Gasteiger charge is 2.44. The molecule has 1 rings (SSSR count). The highest BCUT2D eigenvalue weighted by atomic mass is 16.6. The zero-order chi connectivity index (χ0) is 13.9. The van der Waals surface area contributed by atoms with Crippen LogP contribution in [0.4, 0.5) is 0 Å². The number of carbonyl (C=O) groups excluding carboxylic acids is 2. The van der Waals surface area contributed by atoms with E-state index in [1.54, 1.807) is 0 Å². The van der Waals surface area contributed by atoms with Gasteiger partial charge in [0.05, 0.1) is 0 Å². The van der Waals surface area contributed by atoms with E-state index in [2.05, 4.69) is 10.1 Å². The van der Waals surface area contributed by atoms with Crippen molar-refractivity contribution in [2.24, 2.45) is 0 Å². The normalized spacial score (nSPS) is 35.9. The molecule has 104 valence electrons. The molecule has 0 aromatic heterocycles. The van der Waals surface area contributed by atoms with Gasteiger partial charge in [-0.05, 0) is 0 Å². The quantitative estimate of drug-likeness (QED) is 0.414. The van der Waals surface area contributed by atoms with Crippen LogP contribution in [0.25, 0.3) is 0 Å². The topological polar surface area (TPSA) is 125 Å². The number of hydrogen-bond donors (Lipinski definition) is 4. The Morgan fingerprint density at radius 1 is 1.22 bits per heavy atom. The van der Waals surface area contributed by atoms with Crippen LogP contribution >= 0.6 is 0 Å². The molecule has 0 aromatic rings. The Hall–Kier alpha value is -1.22. The molecule has 1 amide bonds. The SMILES string of the molecule is CC(=O)N[C@H]1[C@@H](O)[C@H](O)[C@H](COC(C)=O)O[C@H]1O. The number of amides is 1. The molecule has 1 saturated heterocycles. The molecule has 0 spiro atoms. The average Bonchev–Trinajstić information content (AvgIpc) is 2.27. The number of esters is 1. The van der Waals surface area contributed by atoms with E-state index in [9.17, 15) is 24.9 Å². The maximum atomic E-state index is 10.9. The zero-order valence-electron chi connectivity index (χ0n) is 10.1. The Labute approximate surface area is 104 Å². The van der Waals surface area contributed by atoms with Crippen LogP contribution in [-0.4, -0.2) is 64.4 Å². The first-order valence-electron chi connectivity index (χ1n) is 5.43. The van der Waals surface area contributed by atoms with Gasteiger partial charge in [-0.2, -0.15) is 0 Å². The minimum atomic E-state index is -1.49. The molecule has 1 aliphatic rings. The number of carbonyl (C=O) groups is 2. The van der Waals surface area contributed by atoms with Gasteiger partial charge in [-0.3, -0.25) is 9.59 Å². The zero-order valence-corrected chi connectivity index (χ0v) is 10.1. The van der Waals surface area contributed by atoms with Crippen molar-refractivity contribution in [3.63, 3.8) is 0 Å². The largest absolute Gasteiger partial charge is 0.463 e. The van der Waals surface area contributed by atoms with Crippen LogP contribution in [0.2, 0.25) is 0 Å². The van der Waals surface area contributed by atoms with E-state index in [1.807, 2.05) is 0 Å². The molecule has 0 unspecified atom stereocenters. The van der Waals surface area contributed by atoms with Gasteiger partial charge in [-0.1, -0.05) is 0 Å². The number of hydrogen-bond acceptors (Lipinski definition) is 7. The first-order chi connectivity index (χ1) is 8.32. The highest BCUT2D eigenvalue weighted by molar-refractivity contribution is 5.73. The van der Waals surface area contributed by atoms with Crippen LogP contribution in [0.1, 0.15) is 13.8 Å². The van der Waals surface area contributed by atoms with E-state index >= 15 is 0 Å². The van der Waals surface area contributed by atoms with Crippen LogP contribution in [0.3, 0.4) is 0 Å². The molecule has 0 saturated carbocycles. The number of aliphatic hydroxyl groups is 3. The average molecular weight is 263 g/mol. The molecule has 18 heavy (non-hydrogen) atoms. The first kappa shape index (κ1) is 14.8. The molecule has 5 atom stereocenters. The third-order valence-electron chi connectivity index (χ3n) is 2.54. The minimum absolute atomic E-state index is 0.294. The molecule has 8 nitrogen and oxygen atoms in total. The molecular weight excluding hydrogens is 246 g/mol. The summed E-state index contributed by atoms with van der Waals surface area (Å²) in [7, 11) is 0. The second-order valence-electron chi connectivity index (χ2n) is 4.08. The second-order valence-corrected chi connectivity index (χ2v) is 4.08. The summed E-state index contributed by atoms with van der Waals surface area (Å²) < 4.78 is 9.62. The molecule has 1 fully saturated rings. The lowest BCUT2D eigenvalue weighted by atomic mass is 9.97. The van der Waals surface area contributed by atoms with Gasteiger partial charge < -0.3 is 30.1 Å². The predicted octanol–water partition coefficient (Wildman–Crippen LogP) is -2.51. The second kappa shape index (κ2) is 6.10. The molecule has 8 heteroatoms. The summed E-state index contributed by atoms with van der Waals surface area (Å²) in [6, 6.07) is -1.13. The van der Waals surface area contributed by atoms with Gasteiger partial charge in [0.2, 0.25) is 5.91 Å². The van der Waals surface area contributed by atoms with Crippen molar-refractivity contribution in [1.82, 2.24) is 5.32 Å². The Morgan fingerprint density at radius 2 is 1.83 bits per heavy atom. The summed E-state index contributed by atoms with van der Waals surface area (Å²) in [6.07, 6.45) is -5.35. The van der Waals surface area contributed by atoms with Crippen LogP contribution < -0.4 is 5.32 Å². The smallest absolute Gasteiger partial charge is 0.302 e. The molecule has 1 heterocycles. The molecule has 4 N–H and O–H groups in total. The van der Waals surface area contributed by atoms with Crippen molar-refractivity contribution in [2.75, 3.05) is 6.61 Å².